The highest BCUT2D eigenvalue weighted by Crippen LogP contribution is 2.30. The van der Waals surface area contributed by atoms with Crippen molar-refractivity contribution in [1.29, 1.82) is 0 Å². The van der Waals surface area contributed by atoms with Gasteiger partial charge in [0.1, 0.15) is 17.9 Å². The smallest absolute Gasteiger partial charge is 0.230 e. The molecule has 4 aromatic rings. The van der Waals surface area contributed by atoms with Gasteiger partial charge in [0, 0.05) is 44.7 Å². The zero-order chi connectivity index (χ0) is 23.3. The summed E-state index contributed by atoms with van der Waals surface area (Å²) in [4.78, 5) is 26.0. The summed E-state index contributed by atoms with van der Waals surface area (Å²) in [6.07, 6.45) is 2.39. The Morgan fingerprint density at radius 1 is 0.853 bits per heavy atom. The summed E-state index contributed by atoms with van der Waals surface area (Å²) in [5.41, 5.74) is 4.05. The number of rotatable bonds is 7. The van der Waals surface area contributed by atoms with Gasteiger partial charge >= 0.3 is 0 Å². The van der Waals surface area contributed by atoms with Crippen LogP contribution in [0.4, 0.5) is 5.69 Å². The fourth-order valence-electron chi connectivity index (χ4n) is 4.26. The van der Waals surface area contributed by atoms with Crippen LogP contribution in [0.5, 0.6) is 11.6 Å². The van der Waals surface area contributed by atoms with Crippen LogP contribution >= 0.6 is 0 Å². The Bertz CT molecular complexity index is 1270. The van der Waals surface area contributed by atoms with E-state index < -0.39 is 0 Å². The van der Waals surface area contributed by atoms with Gasteiger partial charge in [-0.3, -0.25) is 4.79 Å². The highest BCUT2D eigenvalue weighted by atomic mass is 16.5. The first-order valence-corrected chi connectivity index (χ1v) is 11.6. The lowest BCUT2D eigenvalue weighted by Gasteiger charge is -2.34. The van der Waals surface area contributed by atoms with E-state index in [-0.39, 0.29) is 5.78 Å². The number of ether oxygens (including phenoxy) is 1. The maximum atomic E-state index is 12.4. The Balaban J connectivity index is 1.26. The predicted octanol–water partition coefficient (Wildman–Crippen LogP) is 4.53. The van der Waals surface area contributed by atoms with Gasteiger partial charge in [-0.25, -0.2) is 9.97 Å². The van der Waals surface area contributed by atoms with Crippen LogP contribution in [0.15, 0.2) is 79.1 Å². The number of hydrogen-bond acceptors (Lipinski definition) is 6. The van der Waals surface area contributed by atoms with E-state index in [1.165, 1.54) is 5.69 Å². The third-order valence-electron chi connectivity index (χ3n) is 6.24. The summed E-state index contributed by atoms with van der Waals surface area (Å²) in [5.74, 6) is 1.41. The van der Waals surface area contributed by atoms with Crippen molar-refractivity contribution in [2.45, 2.75) is 12.8 Å². The number of piperazine rings is 1. The second-order valence-corrected chi connectivity index (χ2v) is 8.79. The molecule has 34 heavy (non-hydrogen) atoms. The topological polar surface area (TPSA) is 58.6 Å². The van der Waals surface area contributed by atoms with Crippen molar-refractivity contribution in [3.63, 3.8) is 0 Å². The predicted molar refractivity (Wildman–Crippen MR) is 135 cm³/mol. The monoisotopic (exact) mass is 452 g/mol. The maximum absolute atomic E-state index is 12.4. The summed E-state index contributed by atoms with van der Waals surface area (Å²) in [5, 5.41) is 0.877. The molecule has 1 saturated heterocycles. The van der Waals surface area contributed by atoms with Gasteiger partial charge in [-0.05, 0) is 48.5 Å². The zero-order valence-corrected chi connectivity index (χ0v) is 19.4. The minimum Gasteiger partial charge on any atom is -0.438 e. The number of ketones is 1. The Morgan fingerprint density at radius 2 is 1.56 bits per heavy atom. The minimum atomic E-state index is 0.192. The van der Waals surface area contributed by atoms with Crippen LogP contribution in [0.1, 0.15) is 11.1 Å². The van der Waals surface area contributed by atoms with E-state index in [1.807, 2.05) is 60.7 Å². The van der Waals surface area contributed by atoms with Crippen LogP contribution in [-0.4, -0.2) is 53.9 Å². The Labute approximate surface area is 199 Å². The third kappa shape index (κ3) is 5.24. The largest absolute Gasteiger partial charge is 0.438 e. The van der Waals surface area contributed by atoms with Crippen LogP contribution < -0.4 is 9.64 Å². The standard InChI is InChI=1S/C28H28N4O2/c1-31-13-15-32(16-14-31)23-9-12-26-27(19-23)29-20-30-28(26)34-25-10-7-22(8-11-25)18-24(33)17-21-5-3-2-4-6-21/h2-12,19-20H,13-18H2,1H3. The first kappa shape index (κ1) is 22.0. The molecule has 0 aliphatic carbocycles. The molecule has 0 N–H and O–H groups in total. The molecule has 0 saturated carbocycles. The van der Waals surface area contributed by atoms with Crippen molar-refractivity contribution in [3.8, 4) is 11.6 Å². The normalized spacial score (nSPS) is 14.3. The summed E-state index contributed by atoms with van der Waals surface area (Å²) < 4.78 is 6.09. The van der Waals surface area contributed by atoms with Crippen molar-refractivity contribution in [2.24, 2.45) is 0 Å². The molecule has 0 amide bonds. The molecule has 0 unspecified atom stereocenters. The number of nitrogens with zero attached hydrogens (tertiary/aromatic N) is 4. The number of hydrogen-bond donors (Lipinski definition) is 0. The molecule has 1 aliphatic rings. The van der Waals surface area contributed by atoms with Crippen LogP contribution in [0.25, 0.3) is 10.9 Å². The Kier molecular flexibility index (Phi) is 6.49. The molecule has 5 rings (SSSR count). The molecule has 6 heteroatoms. The van der Waals surface area contributed by atoms with Gasteiger partial charge in [-0.1, -0.05) is 42.5 Å². The van der Waals surface area contributed by atoms with E-state index in [4.69, 9.17) is 4.74 Å². The quantitative estimate of drug-likeness (QED) is 0.411. The fourth-order valence-corrected chi connectivity index (χ4v) is 4.26. The average Bonchev–Trinajstić information content (AvgIpc) is 2.86. The second-order valence-electron chi connectivity index (χ2n) is 8.79. The summed E-state index contributed by atoms with van der Waals surface area (Å²) >= 11 is 0. The van der Waals surface area contributed by atoms with E-state index in [2.05, 4.69) is 38.9 Å². The molecule has 0 atom stereocenters. The van der Waals surface area contributed by atoms with Gasteiger partial charge in [0.05, 0.1) is 10.9 Å². The highest BCUT2D eigenvalue weighted by Gasteiger charge is 2.16. The van der Waals surface area contributed by atoms with Crippen molar-refractivity contribution >= 4 is 22.4 Å². The molecule has 0 spiro atoms. The van der Waals surface area contributed by atoms with E-state index in [9.17, 15) is 4.79 Å². The fraction of sp³-hybridized carbons (Fsp3) is 0.250. The van der Waals surface area contributed by atoms with Crippen molar-refractivity contribution in [3.05, 3.63) is 90.3 Å². The van der Waals surface area contributed by atoms with Crippen LogP contribution in [-0.2, 0) is 17.6 Å². The van der Waals surface area contributed by atoms with E-state index in [1.54, 1.807) is 6.33 Å². The van der Waals surface area contributed by atoms with Crippen LogP contribution in [0.3, 0.4) is 0 Å². The van der Waals surface area contributed by atoms with Gasteiger partial charge in [0.2, 0.25) is 5.88 Å². The van der Waals surface area contributed by atoms with E-state index in [0.29, 0.717) is 24.5 Å². The number of fused-ring (bicyclic) bond motifs is 1. The molecule has 1 aromatic heterocycles. The van der Waals surface area contributed by atoms with Gasteiger partial charge < -0.3 is 14.5 Å². The lowest BCUT2D eigenvalue weighted by molar-refractivity contribution is -0.117. The second kappa shape index (κ2) is 10.0. The zero-order valence-electron chi connectivity index (χ0n) is 19.4. The number of carbonyl (C=O) groups is 1. The number of anilines is 1. The molecule has 1 aliphatic heterocycles. The van der Waals surface area contributed by atoms with Crippen molar-refractivity contribution < 1.29 is 9.53 Å². The summed E-state index contributed by atoms with van der Waals surface area (Å²) in [6.45, 7) is 4.14. The molecule has 2 heterocycles. The number of benzene rings is 3. The van der Waals surface area contributed by atoms with Crippen LogP contribution in [0.2, 0.25) is 0 Å². The average molecular weight is 453 g/mol. The van der Waals surface area contributed by atoms with Gasteiger partial charge in [0.15, 0.2) is 0 Å². The maximum Gasteiger partial charge on any atom is 0.230 e. The molecule has 0 bridgehead atoms. The molecule has 6 nitrogen and oxygen atoms in total. The van der Waals surface area contributed by atoms with Gasteiger partial charge in [-0.2, -0.15) is 0 Å². The summed E-state index contributed by atoms with van der Waals surface area (Å²) in [6, 6.07) is 23.7. The van der Waals surface area contributed by atoms with Crippen molar-refractivity contribution in [1.82, 2.24) is 14.9 Å². The highest BCUT2D eigenvalue weighted by molar-refractivity contribution is 5.86. The lowest BCUT2D eigenvalue weighted by Crippen LogP contribution is -2.44. The molecule has 1 fully saturated rings. The van der Waals surface area contributed by atoms with Gasteiger partial charge in [0.25, 0.3) is 0 Å². The molecular weight excluding hydrogens is 424 g/mol. The molecule has 3 aromatic carbocycles. The SMILES string of the molecule is CN1CCN(c2ccc3c(Oc4ccc(CC(=O)Cc5ccccc5)cc4)ncnc3c2)CC1. The summed E-state index contributed by atoms with van der Waals surface area (Å²) in [7, 11) is 2.16. The first-order valence-electron chi connectivity index (χ1n) is 11.6. The Hall–Kier alpha value is -3.77. The van der Waals surface area contributed by atoms with Crippen molar-refractivity contribution in [2.75, 3.05) is 38.1 Å². The van der Waals surface area contributed by atoms with E-state index >= 15 is 0 Å². The number of carbonyl (C=O) groups excluding carboxylic acids is 1. The van der Waals surface area contributed by atoms with Crippen LogP contribution in [0, 0.1) is 0 Å². The first-order chi connectivity index (χ1) is 16.6. The number of aromatic nitrogens is 2. The minimum absolute atomic E-state index is 0.192. The van der Waals surface area contributed by atoms with Gasteiger partial charge in [-0.15, -0.1) is 0 Å². The lowest BCUT2D eigenvalue weighted by atomic mass is 10.0. The Morgan fingerprint density at radius 3 is 2.29 bits per heavy atom. The molecule has 172 valence electrons. The number of likely N-dealkylation sites (N-methyl/N-ethyl adjacent to an activating group) is 1. The third-order valence-corrected chi connectivity index (χ3v) is 6.24. The van der Waals surface area contributed by atoms with E-state index in [0.717, 1.165) is 48.2 Å². The molecular formula is C28H28N4O2. The molecule has 0 radical (unpaired) electrons. The number of Topliss-reactive ketones (excluding diaryl/α,β-unsaturated/α-hetero) is 1.